The van der Waals surface area contributed by atoms with E-state index in [4.69, 9.17) is 0 Å². The Morgan fingerprint density at radius 1 is 1.60 bits per heavy atom. The molecule has 0 spiro atoms. The van der Waals surface area contributed by atoms with Crippen molar-refractivity contribution in [2.75, 3.05) is 6.66 Å². The Labute approximate surface area is 34.2 Å². The molecule has 0 aromatic rings. The van der Waals surface area contributed by atoms with E-state index in [1.165, 1.54) is 6.66 Å². The van der Waals surface area contributed by atoms with E-state index in [1.807, 2.05) is 0 Å². The molecule has 0 aliphatic carbocycles. The van der Waals surface area contributed by atoms with E-state index in [0.29, 0.717) is 0 Å². The van der Waals surface area contributed by atoms with Gasteiger partial charge in [0.15, 0.2) is 0 Å². The van der Waals surface area contributed by atoms with E-state index in [1.54, 1.807) is 0 Å². The third kappa shape index (κ3) is 187. The van der Waals surface area contributed by atoms with Crippen molar-refractivity contribution in [3.8, 4) is 0 Å². The second kappa shape index (κ2) is 1.22. The summed E-state index contributed by atoms with van der Waals surface area (Å²) >= 11 is 0. The van der Waals surface area contributed by atoms with E-state index >= 15 is 0 Å². The van der Waals surface area contributed by atoms with Gasteiger partial charge in [0.2, 0.25) is 0 Å². The van der Waals surface area contributed by atoms with Gasteiger partial charge < -0.3 is 4.57 Å². The van der Waals surface area contributed by atoms with E-state index in [0.717, 1.165) is 0 Å². The van der Waals surface area contributed by atoms with Crippen molar-refractivity contribution in [1.29, 1.82) is 0 Å². The highest BCUT2D eigenvalue weighted by atomic mass is 31.2. The summed E-state index contributed by atoms with van der Waals surface area (Å²) in [5.41, 5.74) is 0. The molecule has 0 atom stereocenters. The lowest BCUT2D eigenvalue weighted by Crippen LogP contribution is -1.68. The Bertz CT molecular complexity index is 55.8. The van der Waals surface area contributed by atoms with Crippen LogP contribution in [0, 0.1) is 0 Å². The van der Waals surface area contributed by atoms with Crippen LogP contribution in [-0.4, -0.2) is 21.8 Å². The molecule has 0 bridgehead atoms. The van der Waals surface area contributed by atoms with Crippen LogP contribution in [0.5, 0.6) is 0 Å². The predicted octanol–water partition coefficient (Wildman–Crippen LogP) is 0.146. The third-order valence-corrected chi connectivity index (χ3v) is 0. The summed E-state index contributed by atoms with van der Waals surface area (Å²) in [6.45, 7) is -1.34. The number of rotatable bonds is 0. The molecular weight excluding hydrogens is 80.6 g/mol. The van der Waals surface area contributed by atoms with Gasteiger partial charge in [0.05, 0.1) is 0 Å². The zero-order valence-electron chi connectivity index (χ0n) is 3.01. The van der Waals surface area contributed by atoms with Crippen LogP contribution >= 0.6 is 6.90 Å². The van der Waals surface area contributed by atoms with Crippen LogP contribution in [-0.2, 0) is 4.57 Å². The predicted molar refractivity (Wildman–Crippen MR) is 25.0 cm³/mol. The average Bonchev–Trinajstić information content (AvgIpc) is 0.722. The van der Waals surface area contributed by atoms with Crippen molar-refractivity contribution in [3.63, 3.8) is 0 Å². The summed E-state index contributed by atoms with van der Waals surface area (Å²) in [4.78, 5) is 0. The molecule has 0 saturated heterocycles. The highest BCUT2D eigenvalue weighted by Crippen LogP contribution is 2.24. The Balaban J connectivity index is 3.47. The summed E-state index contributed by atoms with van der Waals surface area (Å²) in [6, 6.07) is 0. The molecule has 24 valence electrons. The van der Waals surface area contributed by atoms with Crippen LogP contribution in [0.3, 0.4) is 0 Å². The maximum absolute atomic E-state index is 9.77. The first kappa shape index (κ1) is 5.36. The van der Waals surface area contributed by atoms with Crippen LogP contribution < -0.4 is 0 Å². The van der Waals surface area contributed by atoms with Gasteiger partial charge in [-0.15, -0.1) is 0 Å². The number of hydrogen-bond acceptors (Lipinski definition) is 1. The average molecular weight is 83.6 g/mol. The lowest BCUT2D eigenvalue weighted by Gasteiger charge is -1.87. The van der Waals surface area contributed by atoms with Gasteiger partial charge in [0.1, 0.15) is 15.1 Å². The normalized spacial score (nSPS) is 11.4. The van der Waals surface area contributed by atoms with E-state index in [-0.39, 0.29) is 0 Å². The zero-order valence-corrected chi connectivity index (χ0v) is 3.90. The third-order valence-electron chi connectivity index (χ3n) is 0. The van der Waals surface area contributed by atoms with Crippen LogP contribution in [0.15, 0.2) is 0 Å². The Hall–Kier alpha value is 0.360. The lowest BCUT2D eigenvalue weighted by molar-refractivity contribution is 0.595. The Morgan fingerprint density at radius 3 is 1.60 bits per heavy atom. The fraction of sp³-hybridized carbons (Fsp3) is 1.00. The minimum Gasteiger partial charge on any atom is -0.347 e. The smallest absolute Gasteiger partial charge is 0.149 e. The Kier molecular flexibility index (Phi) is 1.30. The summed E-state index contributed by atoms with van der Waals surface area (Å²) in [5.74, 6) is 0. The second-order valence-corrected chi connectivity index (χ2v) is 3.18. The van der Waals surface area contributed by atoms with Crippen molar-refractivity contribution in [1.82, 2.24) is 0 Å². The zero-order chi connectivity index (χ0) is 4.50. The first-order valence-corrected chi connectivity index (χ1v) is 3.44. The second-order valence-electron chi connectivity index (χ2n) is 1.06. The van der Waals surface area contributed by atoms with Gasteiger partial charge in [-0.3, -0.25) is 0 Å². The van der Waals surface area contributed by atoms with Gasteiger partial charge in [0.25, 0.3) is 0 Å². The van der Waals surface area contributed by atoms with Gasteiger partial charge in [-0.25, -0.2) is 0 Å². The van der Waals surface area contributed by atoms with Gasteiger partial charge in [-0.1, -0.05) is 0 Å². The molecule has 0 aromatic heterocycles. The molecule has 0 fully saturated rings. The molecule has 0 N–H and O–H groups in total. The molecule has 0 aliphatic rings. The van der Waals surface area contributed by atoms with Crippen LogP contribution in [0.25, 0.3) is 0 Å². The first-order valence-electron chi connectivity index (χ1n) is 1.15. The van der Waals surface area contributed by atoms with Crippen LogP contribution in [0.1, 0.15) is 0 Å². The fourth-order valence-corrected chi connectivity index (χ4v) is 0. The maximum Gasteiger partial charge on any atom is 0.149 e. The van der Waals surface area contributed by atoms with Crippen molar-refractivity contribution in [2.24, 2.45) is 0 Å². The molecule has 0 amide bonds. The number of hydrogen-bond donors (Lipinski definition) is 0. The van der Waals surface area contributed by atoms with Crippen LogP contribution in [0.2, 0.25) is 0 Å². The molecule has 0 saturated carbocycles. The van der Waals surface area contributed by atoms with E-state index in [9.17, 15) is 4.57 Å². The SMILES string of the molecule is [B]P([B])(C)=O. The molecule has 0 unspecified atom stereocenters. The standard InChI is InChI=1S/CH3B2OP/c1-5(2,3)4/h1H3. The topological polar surface area (TPSA) is 17.1 Å². The minimum absolute atomic E-state index is 1.30. The summed E-state index contributed by atoms with van der Waals surface area (Å²) in [6.07, 6.45) is 0. The molecular formula is CH3B2OP. The fourth-order valence-electron chi connectivity index (χ4n) is 0. The molecule has 0 aromatic carbocycles. The van der Waals surface area contributed by atoms with Gasteiger partial charge >= 0.3 is 0 Å². The molecule has 4 heteroatoms. The first-order chi connectivity index (χ1) is 2.00. The molecule has 0 heterocycles. The maximum atomic E-state index is 9.77. The lowest BCUT2D eigenvalue weighted by atomic mass is 10.7. The summed E-state index contributed by atoms with van der Waals surface area (Å²) in [7, 11) is 9.38. The molecule has 1 nitrogen and oxygen atoms in total. The van der Waals surface area contributed by atoms with E-state index < -0.39 is 6.90 Å². The van der Waals surface area contributed by atoms with Crippen molar-refractivity contribution in [2.45, 2.75) is 0 Å². The van der Waals surface area contributed by atoms with Gasteiger partial charge in [0, 0.05) is 0 Å². The van der Waals surface area contributed by atoms with Crippen LogP contribution in [0.4, 0.5) is 0 Å². The van der Waals surface area contributed by atoms with Crippen molar-refractivity contribution < 1.29 is 4.57 Å². The Morgan fingerprint density at radius 2 is 1.60 bits per heavy atom. The van der Waals surface area contributed by atoms with Crippen molar-refractivity contribution in [3.05, 3.63) is 0 Å². The molecule has 0 rings (SSSR count). The molecule has 0 aliphatic heterocycles. The molecule has 5 heavy (non-hydrogen) atoms. The highest BCUT2D eigenvalue weighted by Gasteiger charge is 1.89. The largest absolute Gasteiger partial charge is 0.347 e. The molecule has 4 radical (unpaired) electrons. The minimum atomic E-state index is -2.64. The quantitative estimate of drug-likeness (QED) is 0.301. The van der Waals surface area contributed by atoms with Gasteiger partial charge in [-0.2, -0.15) is 0 Å². The highest BCUT2D eigenvalue weighted by molar-refractivity contribution is 8.05. The monoisotopic (exact) mass is 84.0 g/mol. The van der Waals surface area contributed by atoms with Gasteiger partial charge in [-0.05, 0) is 13.6 Å². The summed E-state index contributed by atoms with van der Waals surface area (Å²) in [5, 5.41) is 0. The van der Waals surface area contributed by atoms with E-state index in [2.05, 4.69) is 15.1 Å². The van der Waals surface area contributed by atoms with Crippen molar-refractivity contribution >= 4 is 22.0 Å². The summed E-state index contributed by atoms with van der Waals surface area (Å²) < 4.78 is 9.77.